The topological polar surface area (TPSA) is 64.5 Å². The van der Waals surface area contributed by atoms with Gasteiger partial charge in [0.1, 0.15) is 5.76 Å². The summed E-state index contributed by atoms with van der Waals surface area (Å²) in [6.45, 7) is 21.9. The first-order chi connectivity index (χ1) is 16.8. The van der Waals surface area contributed by atoms with E-state index in [0.717, 1.165) is 30.8 Å². The van der Waals surface area contributed by atoms with E-state index in [4.69, 9.17) is 15.0 Å². The van der Waals surface area contributed by atoms with E-state index in [-0.39, 0.29) is 6.17 Å². The summed E-state index contributed by atoms with van der Waals surface area (Å²) in [7, 11) is 1.70. The number of aromatic nitrogens is 1. The van der Waals surface area contributed by atoms with Gasteiger partial charge in [0.2, 0.25) is 0 Å². The van der Waals surface area contributed by atoms with E-state index in [9.17, 15) is 0 Å². The highest BCUT2D eigenvalue weighted by Gasteiger charge is 2.16. The van der Waals surface area contributed by atoms with Crippen molar-refractivity contribution in [2.24, 2.45) is 11.7 Å². The molecule has 0 saturated carbocycles. The molecule has 1 aromatic heterocycles. The molecule has 35 heavy (non-hydrogen) atoms. The van der Waals surface area contributed by atoms with Gasteiger partial charge in [-0.3, -0.25) is 0 Å². The van der Waals surface area contributed by atoms with Crippen molar-refractivity contribution in [3.63, 3.8) is 0 Å². The molecule has 1 heterocycles. The molecule has 2 atom stereocenters. The Morgan fingerprint density at radius 3 is 2.37 bits per heavy atom. The van der Waals surface area contributed by atoms with Crippen molar-refractivity contribution < 1.29 is 9.26 Å². The van der Waals surface area contributed by atoms with Gasteiger partial charge >= 0.3 is 0 Å². The van der Waals surface area contributed by atoms with Gasteiger partial charge in [0.15, 0.2) is 0 Å². The van der Waals surface area contributed by atoms with Gasteiger partial charge < -0.3 is 19.9 Å². The van der Waals surface area contributed by atoms with Crippen LogP contribution in [-0.2, 0) is 4.74 Å². The molecule has 2 N–H and O–H groups in total. The van der Waals surface area contributed by atoms with Crippen LogP contribution in [0.5, 0.6) is 0 Å². The maximum atomic E-state index is 5.82. The molecule has 0 radical (unpaired) electrons. The first-order valence-electron chi connectivity index (χ1n) is 13.1. The summed E-state index contributed by atoms with van der Waals surface area (Å²) in [4.78, 5) is 2.10. The van der Waals surface area contributed by atoms with Crippen LogP contribution >= 0.6 is 0 Å². The Labute approximate surface area is 216 Å². The summed E-state index contributed by atoms with van der Waals surface area (Å²) in [6.07, 6.45) is 19.0. The van der Waals surface area contributed by atoms with Gasteiger partial charge in [-0.2, -0.15) is 0 Å². The lowest BCUT2D eigenvalue weighted by Crippen LogP contribution is -2.35. The number of nitrogens with zero attached hydrogens (tertiary/aromatic N) is 2. The summed E-state index contributed by atoms with van der Waals surface area (Å²) in [5.74, 6) is 1.54. The molecule has 0 fully saturated rings. The number of aryl methyl sites for hydroxylation is 2. The minimum Gasteiger partial charge on any atom is -0.381 e. The normalized spacial score (nSPS) is 15.9. The van der Waals surface area contributed by atoms with Crippen molar-refractivity contribution in [2.45, 2.75) is 88.2 Å². The molecule has 1 aromatic rings. The monoisotopic (exact) mass is 487 g/mol. The number of nitrogens with two attached hydrogens (primary N) is 1. The molecule has 2 unspecified atom stereocenters. The number of hydrogen-bond donors (Lipinski definition) is 1. The third-order valence-corrected chi connectivity index (χ3v) is 5.14. The summed E-state index contributed by atoms with van der Waals surface area (Å²) in [6, 6.07) is 0. The number of rotatable bonds is 9. The van der Waals surface area contributed by atoms with Gasteiger partial charge in [-0.1, -0.05) is 82.3 Å². The zero-order valence-corrected chi connectivity index (χ0v) is 24.4. The highest BCUT2D eigenvalue weighted by atomic mass is 16.5. The number of hydrogen-bond acceptors (Lipinski definition) is 5. The molecular formula is C30H53N3O2. The third-order valence-electron chi connectivity index (χ3n) is 5.14. The summed E-state index contributed by atoms with van der Waals surface area (Å²) in [5.41, 5.74) is 10.6. The molecule has 1 aliphatic carbocycles. The molecule has 5 nitrogen and oxygen atoms in total. The highest BCUT2D eigenvalue weighted by Crippen LogP contribution is 2.30. The maximum Gasteiger partial charge on any atom is 0.141 e. The van der Waals surface area contributed by atoms with Crippen molar-refractivity contribution in [3.8, 4) is 0 Å². The van der Waals surface area contributed by atoms with Gasteiger partial charge in [0, 0.05) is 19.2 Å². The van der Waals surface area contributed by atoms with Crippen LogP contribution < -0.4 is 5.73 Å². The Bertz CT molecular complexity index is 779. The lowest BCUT2D eigenvalue weighted by Gasteiger charge is -2.22. The van der Waals surface area contributed by atoms with Crippen LogP contribution in [0.25, 0.3) is 5.57 Å². The number of methoxy groups -OCH3 is 1. The summed E-state index contributed by atoms with van der Waals surface area (Å²) >= 11 is 0. The van der Waals surface area contributed by atoms with Crippen LogP contribution in [0.3, 0.4) is 0 Å². The van der Waals surface area contributed by atoms with Crippen molar-refractivity contribution >= 4 is 5.57 Å². The van der Waals surface area contributed by atoms with E-state index in [2.05, 4.69) is 66.6 Å². The first-order valence-corrected chi connectivity index (χ1v) is 13.1. The van der Waals surface area contributed by atoms with Crippen LogP contribution in [-0.4, -0.2) is 36.5 Å². The molecule has 1 aliphatic rings. The van der Waals surface area contributed by atoms with Gasteiger partial charge in [0.05, 0.1) is 18.5 Å². The second-order valence-corrected chi connectivity index (χ2v) is 7.84. The fraction of sp³-hybridized carbons (Fsp3) is 0.567. The molecule has 0 aliphatic heterocycles. The van der Waals surface area contributed by atoms with Gasteiger partial charge in [-0.05, 0) is 70.7 Å². The highest BCUT2D eigenvalue weighted by molar-refractivity contribution is 5.71. The van der Waals surface area contributed by atoms with Crippen LogP contribution in [0, 0.1) is 19.8 Å². The second kappa shape index (κ2) is 22.1. The van der Waals surface area contributed by atoms with Gasteiger partial charge in [-0.15, -0.1) is 0 Å². The molecule has 200 valence electrons. The molecule has 0 aromatic carbocycles. The smallest absolute Gasteiger partial charge is 0.141 e. The van der Waals surface area contributed by atoms with E-state index >= 15 is 0 Å². The van der Waals surface area contributed by atoms with Crippen molar-refractivity contribution in [2.75, 3.05) is 20.3 Å². The Kier molecular flexibility index (Phi) is 22.0. The van der Waals surface area contributed by atoms with E-state index in [0.29, 0.717) is 12.5 Å². The van der Waals surface area contributed by atoms with E-state index < -0.39 is 0 Å². The molecule has 0 amide bonds. The lowest BCUT2D eigenvalue weighted by atomic mass is 9.90. The summed E-state index contributed by atoms with van der Waals surface area (Å²) in [5, 5.41) is 3.98. The van der Waals surface area contributed by atoms with Crippen LogP contribution in [0.4, 0.5) is 0 Å². The Morgan fingerprint density at radius 2 is 1.91 bits per heavy atom. The Hall–Kier alpha value is -2.37. The zero-order chi connectivity index (χ0) is 27.2. The average Bonchev–Trinajstić information content (AvgIpc) is 3.21. The second-order valence-electron chi connectivity index (χ2n) is 7.84. The minimum absolute atomic E-state index is 0.0642. The van der Waals surface area contributed by atoms with Crippen molar-refractivity contribution in [3.05, 3.63) is 71.3 Å². The van der Waals surface area contributed by atoms with Crippen LogP contribution in [0.15, 0.2) is 58.8 Å². The SMILES string of the molecule is C/C=C(\C=C/COC)C/C=C/N(CC)C(C)N.CC.CC.Cc1noc(C)c1C1=CC=CC(C)C1. The zero-order valence-electron chi connectivity index (χ0n) is 24.4. The van der Waals surface area contributed by atoms with Gasteiger partial charge in [0.25, 0.3) is 0 Å². The van der Waals surface area contributed by atoms with Crippen molar-refractivity contribution in [1.82, 2.24) is 10.1 Å². The molecule has 2 rings (SSSR count). The lowest BCUT2D eigenvalue weighted by molar-refractivity contribution is 0.234. The summed E-state index contributed by atoms with van der Waals surface area (Å²) < 4.78 is 10.1. The van der Waals surface area contributed by atoms with Crippen molar-refractivity contribution in [1.29, 1.82) is 0 Å². The standard InChI is InChI=1S/C14H26N2O.C12H15NO.2C2H6/c1-5-14(10-8-12-17-4)9-7-11-16(6-2)13(3)15;1-8-5-4-6-11(7-8)12-9(2)13-14-10(12)3;2*1-2/h5,7-8,10-11,13H,6,9,12,15H2,1-4H3;4-6,8H,7H2,1-3H3;2*1-2H3/b10-8-,11-7+,14-5-;;;. The fourth-order valence-corrected chi connectivity index (χ4v) is 3.40. The quantitative estimate of drug-likeness (QED) is 0.282. The maximum absolute atomic E-state index is 5.82. The Morgan fingerprint density at radius 1 is 1.26 bits per heavy atom. The fourth-order valence-electron chi connectivity index (χ4n) is 3.40. The molecule has 0 bridgehead atoms. The number of ether oxygens (including phenoxy) is 1. The Balaban J connectivity index is 0. The molecule has 5 heteroatoms. The third kappa shape index (κ3) is 14.6. The van der Waals surface area contributed by atoms with E-state index in [1.54, 1.807) is 7.11 Å². The molecule has 0 saturated heterocycles. The predicted octanol–water partition coefficient (Wildman–Crippen LogP) is 7.99. The van der Waals surface area contributed by atoms with Crippen LogP contribution in [0.1, 0.15) is 85.2 Å². The first kappa shape index (κ1) is 34.8. The average molecular weight is 488 g/mol. The van der Waals surface area contributed by atoms with Gasteiger partial charge in [-0.25, -0.2) is 0 Å². The predicted molar refractivity (Wildman–Crippen MR) is 154 cm³/mol. The van der Waals surface area contributed by atoms with E-state index in [1.165, 1.54) is 16.7 Å². The molecular weight excluding hydrogens is 434 g/mol. The minimum atomic E-state index is 0.0642. The largest absolute Gasteiger partial charge is 0.381 e. The molecule has 0 spiro atoms. The van der Waals surface area contributed by atoms with E-state index in [1.807, 2.05) is 61.5 Å². The van der Waals surface area contributed by atoms with Crippen LogP contribution in [0.2, 0.25) is 0 Å². The number of allylic oxidation sites excluding steroid dienone is 8.